The smallest absolute Gasteiger partial charge is 0.228 e. The van der Waals surface area contributed by atoms with Crippen molar-refractivity contribution in [2.75, 3.05) is 19.5 Å². The zero-order valence-corrected chi connectivity index (χ0v) is 13.4. The molecular formula is C18H21NO3. The average Bonchev–Trinajstić information content (AvgIpc) is 2.51. The van der Waals surface area contributed by atoms with Crippen LogP contribution in [-0.2, 0) is 11.2 Å². The number of amides is 1. The first kappa shape index (κ1) is 15.9. The molecule has 0 aromatic heterocycles. The minimum atomic E-state index is -0.0721. The molecule has 0 radical (unpaired) electrons. The van der Waals surface area contributed by atoms with E-state index in [1.165, 1.54) is 0 Å². The Hall–Kier alpha value is -2.49. The van der Waals surface area contributed by atoms with Gasteiger partial charge in [-0.25, -0.2) is 0 Å². The molecule has 116 valence electrons. The van der Waals surface area contributed by atoms with Crippen LogP contribution in [0.25, 0.3) is 0 Å². The third-order valence-corrected chi connectivity index (χ3v) is 3.54. The molecule has 0 heterocycles. The van der Waals surface area contributed by atoms with Crippen molar-refractivity contribution in [2.24, 2.45) is 0 Å². The summed E-state index contributed by atoms with van der Waals surface area (Å²) in [6, 6.07) is 11.4. The van der Waals surface area contributed by atoms with Gasteiger partial charge in [-0.2, -0.15) is 0 Å². The first-order chi connectivity index (χ1) is 10.5. The number of methoxy groups -OCH3 is 2. The van der Waals surface area contributed by atoms with Gasteiger partial charge in [-0.1, -0.05) is 23.8 Å². The molecule has 1 N–H and O–H groups in total. The Morgan fingerprint density at radius 1 is 1.05 bits per heavy atom. The zero-order chi connectivity index (χ0) is 16.1. The monoisotopic (exact) mass is 299 g/mol. The number of anilines is 1. The van der Waals surface area contributed by atoms with E-state index in [0.29, 0.717) is 23.6 Å². The third-order valence-electron chi connectivity index (χ3n) is 3.54. The van der Waals surface area contributed by atoms with Crippen molar-refractivity contribution in [1.82, 2.24) is 0 Å². The summed E-state index contributed by atoms with van der Waals surface area (Å²) in [4.78, 5) is 12.3. The normalized spacial score (nSPS) is 10.2. The van der Waals surface area contributed by atoms with Crippen molar-refractivity contribution < 1.29 is 14.3 Å². The summed E-state index contributed by atoms with van der Waals surface area (Å²) in [6.45, 7) is 4.03. The summed E-state index contributed by atoms with van der Waals surface area (Å²) in [5.74, 6) is 1.19. The molecule has 0 spiro atoms. The predicted molar refractivity (Wildman–Crippen MR) is 87.8 cm³/mol. The molecule has 0 unspecified atom stereocenters. The summed E-state index contributed by atoms with van der Waals surface area (Å²) in [7, 11) is 3.16. The molecule has 0 saturated carbocycles. The van der Waals surface area contributed by atoms with Crippen LogP contribution in [-0.4, -0.2) is 20.1 Å². The van der Waals surface area contributed by atoms with Crippen LogP contribution in [0.3, 0.4) is 0 Å². The summed E-state index contributed by atoms with van der Waals surface area (Å²) in [5, 5.41) is 2.89. The highest BCUT2D eigenvalue weighted by molar-refractivity contribution is 5.94. The van der Waals surface area contributed by atoms with Crippen LogP contribution in [0.2, 0.25) is 0 Å². The third kappa shape index (κ3) is 3.79. The Kier molecular flexibility index (Phi) is 5.04. The number of hydrogen-bond acceptors (Lipinski definition) is 3. The topological polar surface area (TPSA) is 47.6 Å². The van der Waals surface area contributed by atoms with Gasteiger partial charge in [-0.15, -0.1) is 0 Å². The first-order valence-corrected chi connectivity index (χ1v) is 7.11. The highest BCUT2D eigenvalue weighted by atomic mass is 16.5. The second-order valence-electron chi connectivity index (χ2n) is 5.22. The maximum absolute atomic E-state index is 12.3. The minimum Gasteiger partial charge on any atom is -0.497 e. The Balaban J connectivity index is 2.13. The lowest BCUT2D eigenvalue weighted by Gasteiger charge is -2.12. The zero-order valence-electron chi connectivity index (χ0n) is 13.4. The van der Waals surface area contributed by atoms with E-state index in [-0.39, 0.29) is 5.91 Å². The van der Waals surface area contributed by atoms with Gasteiger partial charge in [0.05, 0.1) is 26.3 Å². The van der Waals surface area contributed by atoms with Gasteiger partial charge in [0, 0.05) is 6.07 Å². The van der Waals surface area contributed by atoms with Gasteiger partial charge in [0.1, 0.15) is 11.5 Å². The van der Waals surface area contributed by atoms with Gasteiger partial charge in [-0.3, -0.25) is 4.79 Å². The van der Waals surface area contributed by atoms with Crippen LogP contribution < -0.4 is 14.8 Å². The van der Waals surface area contributed by atoms with Crippen molar-refractivity contribution in [3.8, 4) is 11.5 Å². The number of aryl methyl sites for hydroxylation is 2. The molecule has 0 aliphatic rings. The van der Waals surface area contributed by atoms with Crippen LogP contribution in [0.15, 0.2) is 36.4 Å². The number of benzene rings is 2. The number of carbonyl (C=O) groups is 1. The van der Waals surface area contributed by atoms with Crippen molar-refractivity contribution in [2.45, 2.75) is 20.3 Å². The average molecular weight is 299 g/mol. The molecule has 2 rings (SSSR count). The number of rotatable bonds is 5. The van der Waals surface area contributed by atoms with E-state index >= 15 is 0 Å². The summed E-state index contributed by atoms with van der Waals surface area (Å²) < 4.78 is 10.4. The van der Waals surface area contributed by atoms with E-state index in [9.17, 15) is 4.79 Å². The van der Waals surface area contributed by atoms with E-state index in [0.717, 1.165) is 16.7 Å². The molecule has 1 amide bonds. The molecule has 0 bridgehead atoms. The lowest BCUT2D eigenvalue weighted by molar-refractivity contribution is -0.115. The second-order valence-corrected chi connectivity index (χ2v) is 5.22. The van der Waals surface area contributed by atoms with Gasteiger partial charge in [0.15, 0.2) is 0 Å². The molecule has 0 atom stereocenters. The Bertz CT molecular complexity index is 680. The lowest BCUT2D eigenvalue weighted by atomic mass is 10.0. The van der Waals surface area contributed by atoms with E-state index in [1.54, 1.807) is 32.4 Å². The largest absolute Gasteiger partial charge is 0.497 e. The van der Waals surface area contributed by atoms with Gasteiger partial charge in [-0.05, 0) is 37.1 Å². The summed E-state index contributed by atoms with van der Waals surface area (Å²) >= 11 is 0. The maximum Gasteiger partial charge on any atom is 0.228 e. The number of nitrogens with one attached hydrogen (secondary N) is 1. The fourth-order valence-corrected chi connectivity index (χ4v) is 2.26. The van der Waals surface area contributed by atoms with Gasteiger partial charge < -0.3 is 14.8 Å². The number of carbonyl (C=O) groups excluding carboxylic acids is 1. The second kappa shape index (κ2) is 6.98. The molecule has 2 aromatic rings. The van der Waals surface area contributed by atoms with E-state index < -0.39 is 0 Å². The van der Waals surface area contributed by atoms with E-state index in [4.69, 9.17) is 9.47 Å². The quantitative estimate of drug-likeness (QED) is 0.919. The molecule has 0 fully saturated rings. The molecule has 2 aromatic carbocycles. The molecule has 4 nitrogen and oxygen atoms in total. The lowest BCUT2D eigenvalue weighted by Crippen LogP contribution is -2.15. The summed E-state index contributed by atoms with van der Waals surface area (Å²) in [6.07, 6.45) is 0.336. The number of hydrogen-bond donors (Lipinski definition) is 1. The predicted octanol–water partition coefficient (Wildman–Crippen LogP) is 3.50. The highest BCUT2D eigenvalue weighted by Crippen LogP contribution is 2.29. The van der Waals surface area contributed by atoms with Crippen LogP contribution >= 0.6 is 0 Å². The van der Waals surface area contributed by atoms with Gasteiger partial charge in [0.2, 0.25) is 5.91 Å². The van der Waals surface area contributed by atoms with E-state index in [1.807, 2.05) is 32.0 Å². The Morgan fingerprint density at radius 2 is 1.82 bits per heavy atom. The van der Waals surface area contributed by atoms with Crippen molar-refractivity contribution in [1.29, 1.82) is 0 Å². The Morgan fingerprint density at radius 3 is 2.50 bits per heavy atom. The fraction of sp³-hybridized carbons (Fsp3) is 0.278. The SMILES string of the molecule is COc1ccc(NC(=O)Cc2cc(C)ccc2C)c(OC)c1. The van der Waals surface area contributed by atoms with Crippen molar-refractivity contribution in [3.05, 3.63) is 53.1 Å². The van der Waals surface area contributed by atoms with Crippen LogP contribution in [0.4, 0.5) is 5.69 Å². The first-order valence-electron chi connectivity index (χ1n) is 7.11. The van der Waals surface area contributed by atoms with Crippen molar-refractivity contribution >= 4 is 11.6 Å². The van der Waals surface area contributed by atoms with Crippen LogP contribution in [0.5, 0.6) is 11.5 Å². The molecule has 22 heavy (non-hydrogen) atoms. The highest BCUT2D eigenvalue weighted by Gasteiger charge is 2.11. The van der Waals surface area contributed by atoms with E-state index in [2.05, 4.69) is 5.32 Å². The molecule has 4 heteroatoms. The van der Waals surface area contributed by atoms with Gasteiger partial charge >= 0.3 is 0 Å². The summed E-state index contributed by atoms with van der Waals surface area (Å²) in [5.41, 5.74) is 3.93. The molecule has 0 aliphatic carbocycles. The fourth-order valence-electron chi connectivity index (χ4n) is 2.26. The minimum absolute atomic E-state index is 0.0721. The standard InChI is InChI=1S/C18H21NO3/c1-12-5-6-13(2)14(9-12)10-18(20)19-16-8-7-15(21-3)11-17(16)22-4/h5-9,11H,10H2,1-4H3,(H,19,20). The van der Waals surface area contributed by atoms with Crippen LogP contribution in [0.1, 0.15) is 16.7 Å². The molecule has 0 aliphatic heterocycles. The van der Waals surface area contributed by atoms with Gasteiger partial charge in [0.25, 0.3) is 0 Å². The van der Waals surface area contributed by atoms with Crippen molar-refractivity contribution in [3.63, 3.8) is 0 Å². The van der Waals surface area contributed by atoms with Crippen LogP contribution in [0, 0.1) is 13.8 Å². The molecule has 0 saturated heterocycles. The molecular weight excluding hydrogens is 278 g/mol. The maximum atomic E-state index is 12.3. The Labute approximate surface area is 131 Å². The number of ether oxygens (including phenoxy) is 2.